The Balaban J connectivity index is 2.31. The van der Waals surface area contributed by atoms with Crippen molar-refractivity contribution < 1.29 is 48.6 Å². The van der Waals surface area contributed by atoms with Gasteiger partial charge in [0.15, 0.2) is 5.96 Å². The van der Waals surface area contributed by atoms with E-state index in [-0.39, 0.29) is 69.4 Å². The number of guanidine groups is 1. The molecule has 20 nitrogen and oxygen atoms in total. The molecule has 13 N–H and O–H groups in total. The molecule has 0 bridgehead atoms. The smallest absolute Gasteiger partial charge is 0.326 e. The number of likely N-dealkylation sites (tertiary alicyclic amines) is 1. The third-order valence-corrected chi connectivity index (χ3v) is 9.73. The molecule has 1 saturated heterocycles. The standard InChI is InChI=1S/C40H64N10O10/c1-22(2)19-26(41)34(54)46-28(15-16-32(51)52)36(56)47-27(13-9-17-44-40(42)43)35(55)45-24(5)33(53)48-29(21-25-11-7-6-8-12-25)38(58)50-18-10-14-31(50)37(57)49-30(39(59)60)20-23(3)4/h6-8,11-12,22-24,26-31H,9-10,13-21,41H2,1-5H3,(H,45,55)(H,46,54)(H,47,56)(H,48,53)(H,49,57)(H,51,52)(H,59,60)(H4,42,43,44)/t24-,26-,27-,28-,29-,30-,31-/m0/s1. The first-order chi connectivity index (χ1) is 28.2. The van der Waals surface area contributed by atoms with E-state index < -0.39 is 96.1 Å². The van der Waals surface area contributed by atoms with Gasteiger partial charge in [-0.05, 0) is 69.3 Å². The van der Waals surface area contributed by atoms with Gasteiger partial charge in [-0.1, -0.05) is 58.0 Å². The van der Waals surface area contributed by atoms with Crippen molar-refractivity contribution in [3.05, 3.63) is 35.9 Å². The average Bonchev–Trinajstić information content (AvgIpc) is 3.66. The lowest BCUT2D eigenvalue weighted by molar-refractivity contribution is -0.145. The second-order valence-corrected chi connectivity index (χ2v) is 15.9. The second-order valence-electron chi connectivity index (χ2n) is 15.9. The number of nitrogens with two attached hydrogens (primary N) is 3. The predicted molar refractivity (Wildman–Crippen MR) is 222 cm³/mol. The number of amides is 6. The van der Waals surface area contributed by atoms with Gasteiger partial charge in [-0.25, -0.2) is 4.79 Å². The Hall–Kier alpha value is -5.79. The number of carboxylic acids is 2. The van der Waals surface area contributed by atoms with Crippen LogP contribution in [0.5, 0.6) is 0 Å². The Kier molecular flexibility index (Phi) is 21.0. The molecular weight excluding hydrogens is 780 g/mol. The quantitative estimate of drug-likeness (QED) is 0.0324. The van der Waals surface area contributed by atoms with E-state index in [1.165, 1.54) is 11.8 Å². The zero-order chi connectivity index (χ0) is 45.1. The fourth-order valence-electron chi connectivity index (χ4n) is 6.67. The molecule has 0 radical (unpaired) electrons. The topological polar surface area (TPSA) is 331 Å². The summed E-state index contributed by atoms with van der Waals surface area (Å²) >= 11 is 0. The molecule has 0 unspecified atom stereocenters. The van der Waals surface area contributed by atoms with E-state index in [9.17, 15) is 48.6 Å². The lowest BCUT2D eigenvalue weighted by Crippen LogP contribution is -2.59. The Morgan fingerprint density at radius 2 is 1.33 bits per heavy atom. The van der Waals surface area contributed by atoms with Crippen molar-refractivity contribution >= 4 is 53.3 Å². The summed E-state index contributed by atoms with van der Waals surface area (Å²) in [6.45, 7) is 9.00. The van der Waals surface area contributed by atoms with Crippen LogP contribution >= 0.6 is 0 Å². The van der Waals surface area contributed by atoms with Crippen molar-refractivity contribution in [3.63, 3.8) is 0 Å². The van der Waals surface area contributed by atoms with Gasteiger partial charge < -0.3 is 58.9 Å². The van der Waals surface area contributed by atoms with Crippen LogP contribution in [-0.2, 0) is 44.8 Å². The molecule has 20 heteroatoms. The van der Waals surface area contributed by atoms with Crippen LogP contribution in [0.2, 0.25) is 0 Å². The highest BCUT2D eigenvalue weighted by atomic mass is 16.4. The summed E-state index contributed by atoms with van der Waals surface area (Å²) in [5, 5.41) is 31.9. The molecule has 0 spiro atoms. The maximum atomic E-state index is 14.2. The Morgan fingerprint density at radius 1 is 0.750 bits per heavy atom. The average molecular weight is 845 g/mol. The van der Waals surface area contributed by atoms with Crippen LogP contribution in [-0.4, -0.2) is 124 Å². The fraction of sp³-hybridized carbons (Fsp3) is 0.625. The zero-order valence-electron chi connectivity index (χ0n) is 35.1. The largest absolute Gasteiger partial charge is 0.481 e. The number of hydrogen-bond donors (Lipinski definition) is 10. The van der Waals surface area contributed by atoms with E-state index in [4.69, 9.17) is 17.2 Å². The molecule has 334 valence electrons. The highest BCUT2D eigenvalue weighted by molar-refractivity contribution is 5.97. The van der Waals surface area contributed by atoms with Crippen LogP contribution < -0.4 is 43.8 Å². The van der Waals surface area contributed by atoms with E-state index in [1.54, 1.807) is 30.3 Å². The second kappa shape index (κ2) is 25.0. The highest BCUT2D eigenvalue weighted by Gasteiger charge is 2.39. The molecule has 1 aliphatic heterocycles. The number of aliphatic imine (C=N–C) groups is 1. The molecule has 1 aromatic rings. The number of aliphatic carboxylic acids is 2. The van der Waals surface area contributed by atoms with Gasteiger partial charge in [0, 0.05) is 25.9 Å². The number of carbonyl (C=O) groups excluding carboxylic acids is 6. The van der Waals surface area contributed by atoms with Crippen LogP contribution in [0, 0.1) is 11.8 Å². The third-order valence-electron chi connectivity index (χ3n) is 9.73. The number of nitrogens with zero attached hydrogens (tertiary/aromatic N) is 2. The number of carbonyl (C=O) groups is 8. The van der Waals surface area contributed by atoms with Crippen molar-refractivity contribution in [1.29, 1.82) is 0 Å². The minimum Gasteiger partial charge on any atom is -0.481 e. The number of nitrogens with one attached hydrogen (secondary N) is 5. The van der Waals surface area contributed by atoms with Gasteiger partial charge in [-0.15, -0.1) is 0 Å². The molecule has 1 heterocycles. The van der Waals surface area contributed by atoms with Gasteiger partial charge in [0.2, 0.25) is 35.4 Å². The summed E-state index contributed by atoms with van der Waals surface area (Å²) in [6.07, 6.45) is 0.613. The molecule has 2 rings (SSSR count). The third kappa shape index (κ3) is 17.6. The molecule has 0 aliphatic carbocycles. The monoisotopic (exact) mass is 844 g/mol. The van der Waals surface area contributed by atoms with Crippen molar-refractivity contribution in [2.75, 3.05) is 13.1 Å². The predicted octanol–water partition coefficient (Wildman–Crippen LogP) is -0.914. The number of hydrogen-bond acceptors (Lipinski definition) is 10. The van der Waals surface area contributed by atoms with Gasteiger partial charge in [-0.3, -0.25) is 38.6 Å². The van der Waals surface area contributed by atoms with Crippen molar-refractivity contribution in [2.45, 2.75) is 135 Å². The minimum atomic E-state index is -1.37. The van der Waals surface area contributed by atoms with Crippen molar-refractivity contribution in [2.24, 2.45) is 34.0 Å². The SMILES string of the molecule is CC(C)C[C@H](NC(=O)[C@@H]1CCCN1C(=O)[C@H](Cc1ccccc1)NC(=O)[C@H](C)NC(=O)[C@H](CCCN=C(N)N)NC(=O)[C@H](CCC(=O)O)NC(=O)[C@@H](N)CC(C)C)C(=O)O. The summed E-state index contributed by atoms with van der Waals surface area (Å²) in [6, 6.07) is 0.553. The van der Waals surface area contributed by atoms with Crippen LogP contribution in [0.4, 0.5) is 0 Å². The first-order valence-electron chi connectivity index (χ1n) is 20.3. The number of carboxylic acid groups (broad SMARTS) is 2. The highest BCUT2D eigenvalue weighted by Crippen LogP contribution is 2.21. The first-order valence-corrected chi connectivity index (χ1v) is 20.3. The van der Waals surface area contributed by atoms with Crippen molar-refractivity contribution in [1.82, 2.24) is 31.5 Å². The number of benzene rings is 1. The molecule has 1 aliphatic rings. The molecule has 0 saturated carbocycles. The summed E-state index contributed by atoms with van der Waals surface area (Å²) in [5.74, 6) is -6.90. The molecule has 1 aromatic carbocycles. The molecule has 7 atom stereocenters. The molecular formula is C40H64N10O10. The van der Waals surface area contributed by atoms with E-state index in [0.717, 1.165) is 0 Å². The Morgan fingerprint density at radius 3 is 1.92 bits per heavy atom. The van der Waals surface area contributed by atoms with Gasteiger partial charge >= 0.3 is 11.9 Å². The number of rotatable bonds is 25. The first kappa shape index (κ1) is 50.4. The zero-order valence-corrected chi connectivity index (χ0v) is 35.1. The van der Waals surface area contributed by atoms with Crippen LogP contribution in [0.25, 0.3) is 0 Å². The van der Waals surface area contributed by atoms with E-state index in [0.29, 0.717) is 18.4 Å². The van der Waals surface area contributed by atoms with Gasteiger partial charge in [0.25, 0.3) is 0 Å². The lowest BCUT2D eigenvalue weighted by Gasteiger charge is -2.30. The van der Waals surface area contributed by atoms with Crippen LogP contribution in [0.1, 0.15) is 91.5 Å². The van der Waals surface area contributed by atoms with Crippen molar-refractivity contribution in [3.8, 4) is 0 Å². The lowest BCUT2D eigenvalue weighted by atomic mass is 10.0. The normalized spacial score (nSPS) is 16.7. The Labute approximate surface area is 350 Å². The van der Waals surface area contributed by atoms with Gasteiger partial charge in [0.05, 0.1) is 6.04 Å². The van der Waals surface area contributed by atoms with Crippen LogP contribution in [0.15, 0.2) is 35.3 Å². The summed E-state index contributed by atoms with van der Waals surface area (Å²) in [5.41, 5.74) is 17.6. The molecule has 1 fully saturated rings. The molecule has 6 amide bonds. The minimum absolute atomic E-state index is 0.0236. The summed E-state index contributed by atoms with van der Waals surface area (Å²) < 4.78 is 0. The van der Waals surface area contributed by atoms with Crippen LogP contribution in [0.3, 0.4) is 0 Å². The summed E-state index contributed by atoms with van der Waals surface area (Å²) in [7, 11) is 0. The fourth-order valence-corrected chi connectivity index (χ4v) is 6.67. The maximum Gasteiger partial charge on any atom is 0.326 e. The molecule has 0 aromatic heterocycles. The van der Waals surface area contributed by atoms with E-state index in [1.807, 2.05) is 27.7 Å². The Bertz CT molecular complexity index is 1670. The maximum absolute atomic E-state index is 14.2. The van der Waals surface area contributed by atoms with Gasteiger partial charge in [-0.2, -0.15) is 0 Å². The van der Waals surface area contributed by atoms with Gasteiger partial charge in [0.1, 0.15) is 36.3 Å². The summed E-state index contributed by atoms with van der Waals surface area (Å²) in [4.78, 5) is 110. The van der Waals surface area contributed by atoms with E-state index >= 15 is 0 Å². The molecule has 60 heavy (non-hydrogen) atoms. The van der Waals surface area contributed by atoms with E-state index in [2.05, 4.69) is 31.6 Å².